The number of alkyl halides is 1. The zero-order chi connectivity index (χ0) is 12.2. The Bertz CT molecular complexity index is 428. The van der Waals surface area contributed by atoms with Gasteiger partial charge in [-0.05, 0) is 12.5 Å². The molecule has 0 bridgehead atoms. The van der Waals surface area contributed by atoms with Crippen LogP contribution in [-0.4, -0.2) is 25.8 Å². The fraction of sp³-hybridized carbons (Fsp3) is 0.600. The molecule has 0 aliphatic heterocycles. The largest absolute Gasteiger partial charge is 0.243 e. The molecule has 6 heteroatoms. The molecule has 0 atom stereocenters. The van der Waals surface area contributed by atoms with Crippen LogP contribution in [0.2, 0.25) is 0 Å². The Labute approximate surface area is 106 Å². The number of halogens is 1. The molecule has 0 aliphatic carbocycles. The van der Waals surface area contributed by atoms with Crippen LogP contribution in [0.5, 0.6) is 0 Å². The first-order valence-electron chi connectivity index (χ1n) is 5.19. The van der Waals surface area contributed by atoms with Crippen LogP contribution < -0.4 is 0 Å². The van der Waals surface area contributed by atoms with Gasteiger partial charge in [0.05, 0.1) is 10.8 Å². The van der Waals surface area contributed by atoms with Crippen molar-refractivity contribution >= 4 is 33.0 Å². The number of hydrogen-bond donors (Lipinski definition) is 0. The van der Waals surface area contributed by atoms with Gasteiger partial charge in [-0.1, -0.05) is 13.8 Å². The van der Waals surface area contributed by atoms with E-state index < -0.39 is 10.0 Å². The third-order valence-electron chi connectivity index (χ3n) is 2.22. The maximum atomic E-state index is 12.2. The first-order chi connectivity index (χ1) is 7.56. The summed E-state index contributed by atoms with van der Waals surface area (Å²) in [6, 6.07) is 1.66. The molecule has 0 unspecified atom stereocenters. The molecule has 1 heterocycles. The molecule has 0 radical (unpaired) electrons. The highest BCUT2D eigenvalue weighted by atomic mass is 35.5. The van der Waals surface area contributed by atoms with Crippen molar-refractivity contribution in [2.24, 2.45) is 0 Å². The van der Waals surface area contributed by atoms with E-state index in [1.807, 2.05) is 13.8 Å². The van der Waals surface area contributed by atoms with Crippen molar-refractivity contribution in [2.45, 2.75) is 31.0 Å². The van der Waals surface area contributed by atoms with E-state index >= 15 is 0 Å². The molecule has 1 aromatic heterocycles. The van der Waals surface area contributed by atoms with Gasteiger partial charge in [-0.2, -0.15) is 4.31 Å². The lowest BCUT2D eigenvalue weighted by molar-refractivity contribution is 0.427. The minimum atomic E-state index is -3.32. The van der Waals surface area contributed by atoms with E-state index in [9.17, 15) is 8.42 Å². The van der Waals surface area contributed by atoms with E-state index in [-0.39, 0.29) is 0 Å². The molecular weight excluding hydrogens is 266 g/mol. The van der Waals surface area contributed by atoms with Crippen molar-refractivity contribution in [2.75, 3.05) is 13.1 Å². The summed E-state index contributed by atoms with van der Waals surface area (Å²) in [5.74, 6) is 0.361. The Morgan fingerprint density at radius 3 is 2.56 bits per heavy atom. The minimum Gasteiger partial charge on any atom is -0.207 e. The van der Waals surface area contributed by atoms with Crippen LogP contribution >= 0.6 is 22.9 Å². The maximum Gasteiger partial charge on any atom is 0.243 e. The maximum absolute atomic E-state index is 12.2. The first-order valence-corrected chi connectivity index (χ1v) is 8.05. The van der Waals surface area contributed by atoms with Crippen LogP contribution in [0.3, 0.4) is 0 Å². The summed E-state index contributed by atoms with van der Waals surface area (Å²) < 4.78 is 25.8. The molecule has 0 amide bonds. The summed E-state index contributed by atoms with van der Waals surface area (Å²) >= 11 is 7.05. The second-order valence-corrected chi connectivity index (χ2v) is 6.58. The summed E-state index contributed by atoms with van der Waals surface area (Å²) in [6.07, 6.45) is 0.819. The number of sulfonamides is 1. The van der Waals surface area contributed by atoms with Crippen molar-refractivity contribution in [3.63, 3.8) is 0 Å². The Morgan fingerprint density at radius 1 is 1.44 bits per heavy atom. The van der Waals surface area contributed by atoms with Crippen LogP contribution in [-0.2, 0) is 15.9 Å². The lowest BCUT2D eigenvalue weighted by atomic mass is 10.5. The van der Waals surface area contributed by atoms with Gasteiger partial charge >= 0.3 is 0 Å². The van der Waals surface area contributed by atoms with Gasteiger partial charge < -0.3 is 0 Å². The Kier molecular flexibility index (Phi) is 5.24. The third kappa shape index (κ3) is 2.97. The van der Waals surface area contributed by atoms with Crippen LogP contribution in [0.25, 0.3) is 0 Å². The molecule has 1 rings (SSSR count). The van der Waals surface area contributed by atoms with Crippen molar-refractivity contribution in [1.29, 1.82) is 0 Å². The van der Waals surface area contributed by atoms with Crippen molar-refractivity contribution in [1.82, 2.24) is 4.31 Å². The summed E-state index contributed by atoms with van der Waals surface area (Å²) in [6.45, 7) is 4.88. The Morgan fingerprint density at radius 2 is 2.12 bits per heavy atom. The highest BCUT2D eigenvalue weighted by Crippen LogP contribution is 2.23. The van der Waals surface area contributed by atoms with Gasteiger partial charge in [-0.3, -0.25) is 0 Å². The van der Waals surface area contributed by atoms with Crippen molar-refractivity contribution in [3.05, 3.63) is 16.3 Å². The molecule has 0 fully saturated rings. The van der Waals surface area contributed by atoms with Crippen molar-refractivity contribution < 1.29 is 8.42 Å². The van der Waals surface area contributed by atoms with Gasteiger partial charge in [0.1, 0.15) is 0 Å². The summed E-state index contributed by atoms with van der Waals surface area (Å²) in [7, 11) is -3.32. The van der Waals surface area contributed by atoms with E-state index in [2.05, 4.69) is 0 Å². The number of thiophene rings is 1. The quantitative estimate of drug-likeness (QED) is 0.752. The van der Waals surface area contributed by atoms with E-state index in [0.717, 1.165) is 11.3 Å². The van der Waals surface area contributed by atoms with Crippen LogP contribution in [0.1, 0.15) is 25.1 Å². The zero-order valence-corrected chi connectivity index (χ0v) is 11.8. The standard InChI is InChI=1S/C10H16ClNO2S2/c1-3-5-12(4-2)16(13,14)10-6-9(7-11)15-8-10/h6,8H,3-5,7H2,1-2H3. The molecule has 1 aromatic rings. The Balaban J connectivity index is 2.99. The minimum absolute atomic E-state index is 0.361. The monoisotopic (exact) mass is 281 g/mol. The van der Waals surface area contributed by atoms with E-state index in [0.29, 0.717) is 23.9 Å². The van der Waals surface area contributed by atoms with Gasteiger partial charge in [0.25, 0.3) is 0 Å². The summed E-state index contributed by atoms with van der Waals surface area (Å²) in [5, 5.41) is 1.66. The molecule has 92 valence electrons. The lowest BCUT2D eigenvalue weighted by Gasteiger charge is -2.18. The van der Waals surface area contributed by atoms with Crippen LogP contribution in [0.15, 0.2) is 16.3 Å². The van der Waals surface area contributed by atoms with Gasteiger partial charge in [0, 0.05) is 23.3 Å². The average molecular weight is 282 g/mol. The molecule has 0 aliphatic rings. The number of rotatable bonds is 6. The van der Waals surface area contributed by atoms with Gasteiger partial charge in [-0.15, -0.1) is 22.9 Å². The molecule has 3 nitrogen and oxygen atoms in total. The zero-order valence-electron chi connectivity index (χ0n) is 9.44. The topological polar surface area (TPSA) is 37.4 Å². The van der Waals surface area contributed by atoms with Gasteiger partial charge in [0.15, 0.2) is 0 Å². The highest BCUT2D eigenvalue weighted by Gasteiger charge is 2.23. The Hall–Kier alpha value is -0.100. The normalized spacial score (nSPS) is 12.2. The lowest BCUT2D eigenvalue weighted by Crippen LogP contribution is -2.31. The molecule has 0 spiro atoms. The molecular formula is C10H16ClNO2S2. The van der Waals surface area contributed by atoms with Gasteiger partial charge in [0.2, 0.25) is 10.0 Å². The smallest absolute Gasteiger partial charge is 0.207 e. The van der Waals surface area contributed by atoms with Crippen molar-refractivity contribution in [3.8, 4) is 0 Å². The number of nitrogens with zero attached hydrogens (tertiary/aromatic N) is 1. The number of hydrogen-bond acceptors (Lipinski definition) is 3. The summed E-state index contributed by atoms with van der Waals surface area (Å²) in [4.78, 5) is 1.25. The van der Waals surface area contributed by atoms with E-state index in [4.69, 9.17) is 11.6 Å². The highest BCUT2D eigenvalue weighted by molar-refractivity contribution is 7.89. The first kappa shape index (κ1) is 14.0. The third-order valence-corrected chi connectivity index (χ3v) is 5.71. The van der Waals surface area contributed by atoms with Crippen LogP contribution in [0, 0.1) is 0 Å². The van der Waals surface area contributed by atoms with Gasteiger partial charge in [-0.25, -0.2) is 8.42 Å². The molecule has 0 aromatic carbocycles. The second kappa shape index (κ2) is 6.00. The second-order valence-electron chi connectivity index (χ2n) is 3.38. The average Bonchev–Trinajstić information content (AvgIpc) is 2.74. The fourth-order valence-electron chi connectivity index (χ4n) is 1.41. The molecule has 0 saturated heterocycles. The van der Waals surface area contributed by atoms with E-state index in [1.54, 1.807) is 11.4 Å². The SMILES string of the molecule is CCCN(CC)S(=O)(=O)c1csc(CCl)c1. The van der Waals surface area contributed by atoms with Crippen LogP contribution in [0.4, 0.5) is 0 Å². The fourth-order valence-corrected chi connectivity index (χ4v) is 4.33. The predicted octanol–water partition coefficient (Wildman–Crippen LogP) is 2.91. The van der Waals surface area contributed by atoms with E-state index in [1.165, 1.54) is 15.6 Å². The summed E-state index contributed by atoms with van der Waals surface area (Å²) in [5.41, 5.74) is 0. The molecule has 0 saturated carbocycles. The molecule has 16 heavy (non-hydrogen) atoms. The predicted molar refractivity (Wildman–Crippen MR) is 68.6 cm³/mol. The molecule has 0 N–H and O–H groups in total.